The zero-order valence-electron chi connectivity index (χ0n) is 16.1. The molecule has 5 nitrogen and oxygen atoms in total. The Balaban J connectivity index is 0. The maximum Gasteiger partial charge on any atom is 0.296 e. The average Bonchev–Trinajstić information content (AvgIpc) is 2.53. The number of hydrogen-bond donors (Lipinski definition) is 2. The second-order valence-corrected chi connectivity index (χ2v) is 7.89. The van der Waals surface area contributed by atoms with Crippen molar-refractivity contribution in [2.45, 2.75) is 83.0 Å². The van der Waals surface area contributed by atoms with Gasteiger partial charge in [0.1, 0.15) is 0 Å². The van der Waals surface area contributed by atoms with Crippen molar-refractivity contribution < 1.29 is 12.6 Å². The molecule has 1 rings (SSSR count). The summed E-state index contributed by atoms with van der Waals surface area (Å²) in [6.07, 6.45) is 12.3. The van der Waals surface area contributed by atoms with Crippen molar-refractivity contribution in [1.82, 2.24) is 12.3 Å². The van der Waals surface area contributed by atoms with Crippen LogP contribution in [0.3, 0.4) is 0 Å². The van der Waals surface area contributed by atoms with Crippen LogP contribution in [0.2, 0.25) is 0 Å². The van der Waals surface area contributed by atoms with E-state index in [1.807, 2.05) is 6.92 Å². The topological polar surface area (TPSA) is 113 Å². The molecule has 1 aromatic rings. The predicted molar refractivity (Wildman–Crippen MR) is 106 cm³/mol. The Morgan fingerprint density at radius 1 is 0.760 bits per heavy atom. The molecule has 0 radical (unpaired) electrons. The summed E-state index contributed by atoms with van der Waals surface area (Å²) < 4.78 is 29.1. The molecule has 0 unspecified atom stereocenters. The van der Waals surface area contributed by atoms with Crippen LogP contribution in [0.25, 0.3) is 0 Å². The van der Waals surface area contributed by atoms with Gasteiger partial charge in [-0.1, -0.05) is 82.4 Å². The molecule has 0 aromatic heterocycles. The van der Waals surface area contributed by atoms with Crippen LogP contribution in [-0.4, -0.2) is 15.0 Å². The maximum atomic E-state index is 12.0. The first-order valence-electron chi connectivity index (χ1n) is 9.02. The monoisotopic (exact) mass is 374 g/mol. The summed E-state index contributed by atoms with van der Waals surface area (Å²) in [4.78, 5) is 0.246. The molecule has 0 spiro atoms. The Morgan fingerprint density at radius 2 is 1.20 bits per heavy atom. The number of rotatable bonds is 13. The molecule has 0 aliphatic rings. The van der Waals surface area contributed by atoms with E-state index in [2.05, 4.69) is 6.92 Å². The summed E-state index contributed by atoms with van der Waals surface area (Å²) in [6.45, 7) is 4.45. The zero-order valence-corrected chi connectivity index (χ0v) is 17.0. The molecule has 0 saturated carbocycles. The van der Waals surface area contributed by atoms with Gasteiger partial charge in [0, 0.05) is 0 Å². The molecular formula is C19H38N2O3S. The van der Waals surface area contributed by atoms with Crippen molar-refractivity contribution in [3.8, 4) is 0 Å². The smallest absolute Gasteiger partial charge is 0.296 e. The largest absolute Gasteiger partial charge is 0.344 e. The summed E-state index contributed by atoms with van der Waals surface area (Å²) >= 11 is 0. The summed E-state index contributed by atoms with van der Waals surface area (Å²) in [7, 11) is -3.59. The lowest BCUT2D eigenvalue weighted by Gasteiger charge is -2.06. The normalized spacial score (nSPS) is 10.8. The second-order valence-electron chi connectivity index (χ2n) is 6.27. The van der Waals surface area contributed by atoms with E-state index in [0.717, 1.165) is 18.4 Å². The van der Waals surface area contributed by atoms with Crippen molar-refractivity contribution in [3.63, 3.8) is 0 Å². The van der Waals surface area contributed by atoms with Crippen molar-refractivity contribution in [3.05, 3.63) is 29.8 Å². The van der Waals surface area contributed by atoms with Crippen molar-refractivity contribution >= 4 is 10.1 Å². The number of benzene rings is 1. The van der Waals surface area contributed by atoms with Crippen LogP contribution in [0.4, 0.5) is 0 Å². The SMILES string of the molecule is CCCCCCCCCCCCOS(=O)(=O)c1ccc(C)cc1.N.N. The Morgan fingerprint density at radius 3 is 1.68 bits per heavy atom. The molecule has 0 fully saturated rings. The van der Waals surface area contributed by atoms with Crippen LogP contribution in [0.5, 0.6) is 0 Å². The first-order valence-corrected chi connectivity index (χ1v) is 10.4. The molecule has 0 heterocycles. The highest BCUT2D eigenvalue weighted by molar-refractivity contribution is 7.86. The number of aryl methyl sites for hydroxylation is 1. The fourth-order valence-electron chi connectivity index (χ4n) is 2.53. The maximum absolute atomic E-state index is 12.0. The molecule has 1 aromatic carbocycles. The standard InChI is InChI=1S/C19H32O3S.2H3N/c1-3-4-5-6-7-8-9-10-11-12-17-22-23(20,21)19-15-13-18(2)14-16-19;;/h13-16H,3-12,17H2,1-2H3;2*1H3. The Kier molecular flexibility index (Phi) is 16.1. The average molecular weight is 375 g/mol. The van der Waals surface area contributed by atoms with Crippen molar-refractivity contribution in [1.29, 1.82) is 0 Å². The molecule has 0 amide bonds. The van der Waals surface area contributed by atoms with Gasteiger partial charge < -0.3 is 12.3 Å². The first-order chi connectivity index (χ1) is 11.1. The lowest BCUT2D eigenvalue weighted by Crippen LogP contribution is -2.07. The summed E-state index contributed by atoms with van der Waals surface area (Å²) in [5, 5.41) is 0. The van der Waals surface area contributed by atoms with E-state index in [1.165, 1.54) is 51.4 Å². The van der Waals surface area contributed by atoms with Crippen LogP contribution in [0.1, 0.15) is 76.7 Å². The number of hydrogen-bond acceptors (Lipinski definition) is 5. The highest BCUT2D eigenvalue weighted by Crippen LogP contribution is 2.15. The predicted octanol–water partition coefficient (Wildman–Crippen LogP) is 5.95. The third kappa shape index (κ3) is 12.1. The molecule has 0 aliphatic heterocycles. The van der Waals surface area contributed by atoms with Gasteiger partial charge in [-0.3, -0.25) is 4.18 Å². The van der Waals surface area contributed by atoms with Gasteiger partial charge in [-0.2, -0.15) is 8.42 Å². The van der Waals surface area contributed by atoms with E-state index < -0.39 is 10.1 Å². The molecule has 6 N–H and O–H groups in total. The summed E-state index contributed by atoms with van der Waals surface area (Å²) in [5.41, 5.74) is 1.04. The minimum absolute atomic E-state index is 0. The summed E-state index contributed by atoms with van der Waals surface area (Å²) in [5.74, 6) is 0. The highest BCUT2D eigenvalue weighted by atomic mass is 32.2. The third-order valence-electron chi connectivity index (χ3n) is 4.05. The summed E-state index contributed by atoms with van der Waals surface area (Å²) in [6, 6.07) is 6.78. The van der Waals surface area contributed by atoms with Gasteiger partial charge in [0.15, 0.2) is 0 Å². The van der Waals surface area contributed by atoms with Crippen LogP contribution in [0, 0.1) is 6.92 Å². The van der Waals surface area contributed by atoms with Crippen LogP contribution in [-0.2, 0) is 14.3 Å². The van der Waals surface area contributed by atoms with E-state index in [1.54, 1.807) is 24.3 Å². The van der Waals surface area contributed by atoms with E-state index in [4.69, 9.17) is 4.18 Å². The minimum Gasteiger partial charge on any atom is -0.344 e. The third-order valence-corrected chi connectivity index (χ3v) is 5.37. The fraction of sp³-hybridized carbons (Fsp3) is 0.684. The van der Waals surface area contributed by atoms with Gasteiger partial charge in [0.25, 0.3) is 10.1 Å². The zero-order chi connectivity index (χ0) is 17.0. The van der Waals surface area contributed by atoms with Gasteiger partial charge in [-0.05, 0) is 25.5 Å². The van der Waals surface area contributed by atoms with Gasteiger partial charge in [-0.15, -0.1) is 0 Å². The Hall–Kier alpha value is -0.950. The van der Waals surface area contributed by atoms with Gasteiger partial charge in [0.05, 0.1) is 11.5 Å². The molecule has 25 heavy (non-hydrogen) atoms. The van der Waals surface area contributed by atoms with Gasteiger partial charge in [0.2, 0.25) is 0 Å². The van der Waals surface area contributed by atoms with E-state index >= 15 is 0 Å². The first kappa shape index (κ1) is 26.3. The quantitative estimate of drug-likeness (QED) is 0.327. The van der Waals surface area contributed by atoms with Crippen molar-refractivity contribution in [2.24, 2.45) is 0 Å². The fourth-order valence-corrected chi connectivity index (χ4v) is 3.47. The van der Waals surface area contributed by atoms with E-state index in [0.29, 0.717) is 0 Å². The van der Waals surface area contributed by atoms with Crippen LogP contribution < -0.4 is 12.3 Å². The molecule has 148 valence electrons. The van der Waals surface area contributed by atoms with Gasteiger partial charge >= 0.3 is 0 Å². The van der Waals surface area contributed by atoms with Crippen molar-refractivity contribution in [2.75, 3.05) is 6.61 Å². The molecule has 0 bridgehead atoms. The minimum atomic E-state index is -3.59. The molecule has 0 atom stereocenters. The van der Waals surface area contributed by atoms with E-state index in [-0.39, 0.29) is 23.8 Å². The lowest BCUT2D eigenvalue weighted by molar-refractivity contribution is 0.306. The van der Waals surface area contributed by atoms with Gasteiger partial charge in [-0.25, -0.2) is 0 Å². The highest BCUT2D eigenvalue weighted by Gasteiger charge is 2.14. The molecular weight excluding hydrogens is 336 g/mol. The molecule has 6 heteroatoms. The van der Waals surface area contributed by atoms with E-state index in [9.17, 15) is 8.42 Å². The molecule has 0 saturated heterocycles. The Bertz CT molecular complexity index is 516. The lowest BCUT2D eigenvalue weighted by atomic mass is 10.1. The number of unbranched alkanes of at least 4 members (excludes halogenated alkanes) is 9. The Labute approximate surface area is 154 Å². The van der Waals surface area contributed by atoms with Crippen LogP contribution in [0.15, 0.2) is 29.2 Å². The molecule has 0 aliphatic carbocycles. The van der Waals surface area contributed by atoms with Crippen LogP contribution >= 0.6 is 0 Å². The second kappa shape index (κ2) is 15.3.